The summed E-state index contributed by atoms with van der Waals surface area (Å²) >= 11 is 6.08. The number of rotatable bonds is 4. The van der Waals surface area contributed by atoms with Gasteiger partial charge in [-0.1, -0.05) is 11.6 Å². The largest absolute Gasteiger partial charge is 0.493 e. The van der Waals surface area contributed by atoms with Crippen LogP contribution in [-0.2, 0) is 0 Å². The van der Waals surface area contributed by atoms with Gasteiger partial charge in [0.15, 0.2) is 11.5 Å². The van der Waals surface area contributed by atoms with Gasteiger partial charge in [0.05, 0.1) is 20.4 Å². The molecular weight excluding hydrogens is 380 g/mol. The molecule has 2 heterocycles. The van der Waals surface area contributed by atoms with E-state index in [9.17, 15) is 4.79 Å². The second-order valence-corrected chi connectivity index (χ2v) is 6.61. The number of aromatic amines is 1. The van der Waals surface area contributed by atoms with E-state index >= 15 is 0 Å². The summed E-state index contributed by atoms with van der Waals surface area (Å²) < 4.78 is 11.8. The summed E-state index contributed by atoms with van der Waals surface area (Å²) in [5.74, 6) is 1.67. The average Bonchev–Trinajstić information content (AvgIpc) is 3.05. The van der Waals surface area contributed by atoms with Gasteiger partial charge in [0.2, 0.25) is 0 Å². The van der Waals surface area contributed by atoms with Crippen LogP contribution >= 0.6 is 11.6 Å². The molecule has 0 aliphatic rings. The molecule has 28 heavy (non-hydrogen) atoms. The molecule has 0 atom stereocenters. The highest BCUT2D eigenvalue weighted by Crippen LogP contribution is 2.27. The number of H-pyrrole nitrogens is 1. The maximum atomic E-state index is 12.9. The van der Waals surface area contributed by atoms with Crippen molar-refractivity contribution in [2.24, 2.45) is 5.10 Å². The second-order valence-electron chi connectivity index (χ2n) is 6.17. The molecule has 0 aliphatic carbocycles. The Morgan fingerprint density at radius 2 is 1.93 bits per heavy atom. The van der Waals surface area contributed by atoms with Gasteiger partial charge in [-0.2, -0.15) is 9.78 Å². The lowest BCUT2D eigenvalue weighted by atomic mass is 10.2. The summed E-state index contributed by atoms with van der Waals surface area (Å²) in [5.41, 5.74) is 2.23. The smallest absolute Gasteiger partial charge is 0.298 e. The van der Waals surface area contributed by atoms with Crippen LogP contribution < -0.4 is 15.0 Å². The van der Waals surface area contributed by atoms with Crippen LogP contribution in [0.4, 0.5) is 0 Å². The van der Waals surface area contributed by atoms with Gasteiger partial charge in [0.1, 0.15) is 16.9 Å². The van der Waals surface area contributed by atoms with Gasteiger partial charge in [-0.05, 0) is 48.9 Å². The summed E-state index contributed by atoms with van der Waals surface area (Å²) in [6, 6.07) is 10.8. The molecule has 0 saturated carbocycles. The van der Waals surface area contributed by atoms with E-state index in [0.717, 1.165) is 16.5 Å². The molecule has 1 N–H and O–H groups in total. The summed E-state index contributed by atoms with van der Waals surface area (Å²) in [6.45, 7) is 1.73. The van der Waals surface area contributed by atoms with E-state index in [-0.39, 0.29) is 5.56 Å². The van der Waals surface area contributed by atoms with Gasteiger partial charge in [-0.15, -0.1) is 0 Å². The molecule has 0 aliphatic heterocycles. The Kier molecular flexibility index (Phi) is 4.52. The first-order valence-corrected chi connectivity index (χ1v) is 8.86. The van der Waals surface area contributed by atoms with E-state index in [1.54, 1.807) is 51.6 Å². The van der Waals surface area contributed by atoms with E-state index in [0.29, 0.717) is 33.4 Å². The topological polar surface area (TPSA) is 81.5 Å². The van der Waals surface area contributed by atoms with Crippen LogP contribution in [0, 0.1) is 6.92 Å². The molecule has 0 amide bonds. The maximum absolute atomic E-state index is 12.9. The molecule has 0 radical (unpaired) electrons. The van der Waals surface area contributed by atoms with Crippen LogP contribution in [0.25, 0.3) is 21.9 Å². The zero-order valence-corrected chi connectivity index (χ0v) is 16.2. The van der Waals surface area contributed by atoms with Gasteiger partial charge in [-0.3, -0.25) is 4.79 Å². The van der Waals surface area contributed by atoms with Crippen molar-refractivity contribution in [1.29, 1.82) is 0 Å². The van der Waals surface area contributed by atoms with E-state index < -0.39 is 0 Å². The predicted molar refractivity (Wildman–Crippen MR) is 110 cm³/mol. The number of fused-ring (bicyclic) bond motifs is 3. The Balaban J connectivity index is 1.82. The van der Waals surface area contributed by atoms with Crippen LogP contribution in [0.1, 0.15) is 11.4 Å². The third kappa shape index (κ3) is 2.99. The fraction of sp³-hybridized carbons (Fsp3) is 0.150. The molecular formula is C20H17ClN4O3. The third-order valence-electron chi connectivity index (χ3n) is 4.45. The summed E-state index contributed by atoms with van der Waals surface area (Å²) in [5, 5.41) is 5.71. The van der Waals surface area contributed by atoms with Crippen molar-refractivity contribution in [1.82, 2.24) is 14.6 Å². The average molecular weight is 397 g/mol. The fourth-order valence-electron chi connectivity index (χ4n) is 3.08. The monoisotopic (exact) mass is 396 g/mol. The number of hydrogen-bond donors (Lipinski definition) is 1. The molecule has 0 saturated heterocycles. The summed E-state index contributed by atoms with van der Waals surface area (Å²) in [6.07, 6.45) is 1.57. The maximum Gasteiger partial charge on any atom is 0.298 e. The van der Waals surface area contributed by atoms with Gasteiger partial charge in [0, 0.05) is 15.9 Å². The van der Waals surface area contributed by atoms with Gasteiger partial charge < -0.3 is 14.5 Å². The molecule has 0 bridgehead atoms. The number of nitrogens with one attached hydrogen (secondary N) is 1. The van der Waals surface area contributed by atoms with Gasteiger partial charge >= 0.3 is 0 Å². The number of hydrogen-bond acceptors (Lipinski definition) is 5. The minimum Gasteiger partial charge on any atom is -0.493 e. The molecule has 0 fully saturated rings. The van der Waals surface area contributed by atoms with Crippen molar-refractivity contribution in [3.63, 3.8) is 0 Å². The highest BCUT2D eigenvalue weighted by molar-refractivity contribution is 6.31. The Bertz CT molecular complexity index is 1290. The highest BCUT2D eigenvalue weighted by Gasteiger charge is 2.13. The Morgan fingerprint density at radius 3 is 2.68 bits per heavy atom. The number of aryl methyl sites for hydroxylation is 1. The van der Waals surface area contributed by atoms with Crippen molar-refractivity contribution >= 4 is 39.8 Å². The molecule has 0 unspecified atom stereocenters. The van der Waals surface area contributed by atoms with Crippen molar-refractivity contribution in [3.05, 3.63) is 63.2 Å². The fourth-order valence-corrected chi connectivity index (χ4v) is 3.25. The number of halogens is 1. The van der Waals surface area contributed by atoms with Crippen LogP contribution in [0.2, 0.25) is 5.02 Å². The molecule has 142 valence electrons. The molecule has 2 aromatic heterocycles. The first-order chi connectivity index (χ1) is 13.5. The zero-order chi connectivity index (χ0) is 19.8. The van der Waals surface area contributed by atoms with E-state index in [1.165, 1.54) is 4.68 Å². The first kappa shape index (κ1) is 18.1. The Morgan fingerprint density at radius 1 is 1.14 bits per heavy atom. The summed E-state index contributed by atoms with van der Waals surface area (Å²) in [4.78, 5) is 20.6. The Hall–Kier alpha value is -3.32. The minimum atomic E-state index is -0.286. The van der Waals surface area contributed by atoms with Crippen molar-refractivity contribution in [2.45, 2.75) is 6.92 Å². The number of methoxy groups -OCH3 is 2. The van der Waals surface area contributed by atoms with Gasteiger partial charge in [0.25, 0.3) is 5.56 Å². The van der Waals surface area contributed by atoms with Crippen molar-refractivity contribution in [2.75, 3.05) is 14.2 Å². The van der Waals surface area contributed by atoms with Crippen molar-refractivity contribution < 1.29 is 9.47 Å². The molecule has 7 nitrogen and oxygen atoms in total. The first-order valence-electron chi connectivity index (χ1n) is 8.49. The standard InChI is InChI=1S/C20H17ClN4O3/c1-11-23-18-14-9-13(21)5-6-15(14)24-19(18)20(26)25(11)22-10-12-4-7-16(27-2)17(8-12)28-3/h4-10,24H,1-3H3/b22-10-. The van der Waals surface area contributed by atoms with Crippen LogP contribution in [0.3, 0.4) is 0 Å². The quantitative estimate of drug-likeness (QED) is 0.533. The lowest BCUT2D eigenvalue weighted by Crippen LogP contribution is -2.20. The molecule has 2 aromatic carbocycles. The summed E-state index contributed by atoms with van der Waals surface area (Å²) in [7, 11) is 3.14. The second kappa shape index (κ2) is 7.01. The molecule has 4 rings (SSSR count). The van der Waals surface area contributed by atoms with Crippen molar-refractivity contribution in [3.8, 4) is 11.5 Å². The number of ether oxygens (including phenoxy) is 2. The number of nitrogens with zero attached hydrogens (tertiary/aromatic N) is 3. The molecule has 0 spiro atoms. The van der Waals surface area contributed by atoms with E-state index in [2.05, 4.69) is 15.1 Å². The lowest BCUT2D eigenvalue weighted by Gasteiger charge is -2.07. The van der Waals surface area contributed by atoms with Crippen LogP contribution in [0.15, 0.2) is 46.3 Å². The highest BCUT2D eigenvalue weighted by atomic mass is 35.5. The minimum absolute atomic E-state index is 0.286. The zero-order valence-electron chi connectivity index (χ0n) is 15.5. The molecule has 4 aromatic rings. The third-order valence-corrected chi connectivity index (χ3v) is 4.68. The predicted octanol–water partition coefficient (Wildman–Crippen LogP) is 3.74. The van der Waals surface area contributed by atoms with E-state index in [1.807, 2.05) is 12.1 Å². The normalized spacial score (nSPS) is 11.6. The Labute approximate surface area is 165 Å². The SMILES string of the molecule is COc1ccc(/C=N\n2c(C)nc3c([nH]c4ccc(Cl)cc43)c2=O)cc1OC. The van der Waals surface area contributed by atoms with Crippen LogP contribution in [-0.4, -0.2) is 35.1 Å². The van der Waals surface area contributed by atoms with Gasteiger partial charge in [-0.25, -0.2) is 4.98 Å². The van der Waals surface area contributed by atoms with Crippen LogP contribution in [0.5, 0.6) is 11.5 Å². The molecule has 8 heteroatoms. The van der Waals surface area contributed by atoms with E-state index in [4.69, 9.17) is 21.1 Å². The number of benzene rings is 2. The number of aromatic nitrogens is 3. The lowest BCUT2D eigenvalue weighted by molar-refractivity contribution is 0.355.